The molecule has 0 saturated heterocycles. The topological polar surface area (TPSA) is 26.3 Å². The van der Waals surface area contributed by atoms with E-state index in [1.54, 1.807) is 11.3 Å². The maximum atomic E-state index is 11.2. The second-order valence-corrected chi connectivity index (χ2v) is 3.96. The molecule has 3 heteroatoms. The largest absolute Gasteiger partial charge is 0.466 e. The molecule has 1 aliphatic carbocycles. The second kappa shape index (κ2) is 3.34. The quantitative estimate of drug-likeness (QED) is 0.641. The lowest BCUT2D eigenvalue weighted by molar-refractivity contribution is -0.136. The Hall–Kier alpha value is -1.09. The van der Waals surface area contributed by atoms with E-state index in [0.29, 0.717) is 0 Å². The maximum Gasteiger partial charge on any atom is 0.333 e. The Kier molecular flexibility index (Phi) is 2.19. The number of esters is 1. The number of aryl methyl sites for hydroxylation is 1. The molecule has 1 aromatic heterocycles. The molecule has 1 heterocycles. The summed E-state index contributed by atoms with van der Waals surface area (Å²) < 4.78 is 4.68. The number of hydrogen-bond donors (Lipinski definition) is 0. The fourth-order valence-corrected chi connectivity index (χ4v) is 2.34. The van der Waals surface area contributed by atoms with Crippen LogP contribution in [0.2, 0.25) is 0 Å². The van der Waals surface area contributed by atoms with Gasteiger partial charge in [0.2, 0.25) is 0 Å². The van der Waals surface area contributed by atoms with E-state index in [9.17, 15) is 4.79 Å². The van der Waals surface area contributed by atoms with Crippen molar-refractivity contribution in [3.05, 3.63) is 27.5 Å². The molecule has 0 aromatic carbocycles. The summed E-state index contributed by atoms with van der Waals surface area (Å²) in [7, 11) is 1.42. The minimum absolute atomic E-state index is 0.197. The van der Waals surface area contributed by atoms with Gasteiger partial charge in [-0.25, -0.2) is 4.79 Å². The van der Waals surface area contributed by atoms with Crippen molar-refractivity contribution >= 4 is 23.4 Å². The molecule has 13 heavy (non-hydrogen) atoms. The molecule has 0 N–H and O–H groups in total. The summed E-state index contributed by atoms with van der Waals surface area (Å²) in [5, 5.41) is 2.06. The summed E-state index contributed by atoms with van der Waals surface area (Å²) in [6.45, 7) is 0. The fraction of sp³-hybridized carbons (Fsp3) is 0.300. The summed E-state index contributed by atoms with van der Waals surface area (Å²) in [5.74, 6) is -0.197. The number of carbonyl (C=O) groups is 1. The third-order valence-electron chi connectivity index (χ3n) is 2.18. The van der Waals surface area contributed by atoms with Gasteiger partial charge in [-0.05, 0) is 35.9 Å². The highest BCUT2D eigenvalue weighted by Crippen LogP contribution is 2.28. The van der Waals surface area contributed by atoms with E-state index in [0.717, 1.165) is 18.4 Å². The predicted molar refractivity (Wildman–Crippen MR) is 52.6 cm³/mol. The van der Waals surface area contributed by atoms with Gasteiger partial charge in [-0.2, -0.15) is 0 Å². The van der Waals surface area contributed by atoms with E-state index in [-0.39, 0.29) is 5.97 Å². The highest BCUT2D eigenvalue weighted by Gasteiger charge is 2.16. The van der Waals surface area contributed by atoms with Crippen molar-refractivity contribution < 1.29 is 9.53 Å². The van der Waals surface area contributed by atoms with Gasteiger partial charge in [-0.15, -0.1) is 11.3 Å². The van der Waals surface area contributed by atoms with Crippen molar-refractivity contribution in [2.75, 3.05) is 7.11 Å². The highest BCUT2D eigenvalue weighted by atomic mass is 32.1. The van der Waals surface area contributed by atoms with E-state index in [1.165, 1.54) is 17.6 Å². The second-order valence-electron chi connectivity index (χ2n) is 2.96. The van der Waals surface area contributed by atoms with Crippen LogP contribution in [-0.2, 0) is 16.0 Å². The van der Waals surface area contributed by atoms with Crippen LogP contribution in [0.25, 0.3) is 6.08 Å². The average molecular weight is 194 g/mol. The summed E-state index contributed by atoms with van der Waals surface area (Å²) in [4.78, 5) is 12.6. The highest BCUT2D eigenvalue weighted by molar-refractivity contribution is 7.10. The molecular formula is C10H10O2S. The molecule has 1 aromatic rings. The zero-order valence-corrected chi connectivity index (χ0v) is 8.19. The molecule has 0 bridgehead atoms. The van der Waals surface area contributed by atoms with Crippen molar-refractivity contribution in [3.63, 3.8) is 0 Å². The fourth-order valence-electron chi connectivity index (χ4n) is 1.48. The van der Waals surface area contributed by atoms with Crippen molar-refractivity contribution in [2.45, 2.75) is 12.8 Å². The molecule has 68 valence electrons. The Labute approximate surface area is 80.8 Å². The van der Waals surface area contributed by atoms with Crippen molar-refractivity contribution in [2.24, 2.45) is 0 Å². The lowest BCUT2D eigenvalue weighted by atomic mass is 9.99. The normalized spacial score (nSPS) is 14.7. The lowest BCUT2D eigenvalue weighted by Gasteiger charge is -2.10. The third-order valence-corrected chi connectivity index (χ3v) is 3.18. The molecule has 0 unspecified atom stereocenters. The summed E-state index contributed by atoms with van der Waals surface area (Å²) in [6.07, 6.45) is 3.70. The van der Waals surface area contributed by atoms with Crippen LogP contribution in [0.3, 0.4) is 0 Å². The Morgan fingerprint density at radius 1 is 1.54 bits per heavy atom. The Morgan fingerprint density at radius 2 is 2.38 bits per heavy atom. The van der Waals surface area contributed by atoms with E-state index >= 15 is 0 Å². The van der Waals surface area contributed by atoms with Gasteiger partial charge in [-0.3, -0.25) is 0 Å². The molecule has 0 aliphatic heterocycles. The van der Waals surface area contributed by atoms with E-state index in [2.05, 4.69) is 10.1 Å². The summed E-state index contributed by atoms with van der Waals surface area (Å²) in [5.41, 5.74) is 1.96. The first kappa shape index (κ1) is 8.51. The molecule has 0 spiro atoms. The molecule has 0 radical (unpaired) electrons. The molecule has 0 fully saturated rings. The monoisotopic (exact) mass is 194 g/mol. The number of ether oxygens (including phenoxy) is 1. The summed E-state index contributed by atoms with van der Waals surface area (Å²) >= 11 is 1.75. The van der Waals surface area contributed by atoms with Crippen molar-refractivity contribution in [1.29, 1.82) is 0 Å². The number of hydrogen-bond acceptors (Lipinski definition) is 3. The van der Waals surface area contributed by atoms with Gasteiger partial charge >= 0.3 is 5.97 Å². The van der Waals surface area contributed by atoms with Gasteiger partial charge < -0.3 is 4.74 Å². The van der Waals surface area contributed by atoms with Crippen LogP contribution >= 0.6 is 11.3 Å². The number of thiophene rings is 1. The Balaban J connectivity index is 2.32. The number of methoxy groups -OCH3 is 1. The Bertz CT molecular complexity index is 363. The van der Waals surface area contributed by atoms with Crippen LogP contribution in [-0.4, -0.2) is 13.1 Å². The van der Waals surface area contributed by atoms with E-state index in [1.807, 2.05) is 12.1 Å². The first-order valence-electron chi connectivity index (χ1n) is 4.16. The van der Waals surface area contributed by atoms with Gasteiger partial charge in [0, 0.05) is 10.5 Å². The van der Waals surface area contributed by atoms with Crippen LogP contribution in [0.1, 0.15) is 16.9 Å². The smallest absolute Gasteiger partial charge is 0.333 e. The SMILES string of the molecule is COC(=O)C1=Cc2ccsc2CC1. The molecule has 0 atom stereocenters. The van der Waals surface area contributed by atoms with Gasteiger partial charge in [-0.1, -0.05) is 0 Å². The average Bonchev–Trinajstić information content (AvgIpc) is 2.63. The van der Waals surface area contributed by atoms with Crippen molar-refractivity contribution in [3.8, 4) is 0 Å². The molecular weight excluding hydrogens is 184 g/mol. The minimum atomic E-state index is -0.197. The zero-order chi connectivity index (χ0) is 9.26. The van der Waals surface area contributed by atoms with Crippen LogP contribution in [0.15, 0.2) is 17.0 Å². The van der Waals surface area contributed by atoms with Gasteiger partial charge in [0.05, 0.1) is 7.11 Å². The van der Waals surface area contributed by atoms with E-state index in [4.69, 9.17) is 0 Å². The van der Waals surface area contributed by atoms with Gasteiger partial charge in [0.1, 0.15) is 0 Å². The first-order valence-corrected chi connectivity index (χ1v) is 5.04. The predicted octanol–water partition coefficient (Wildman–Crippen LogP) is 2.25. The lowest BCUT2D eigenvalue weighted by Crippen LogP contribution is -2.08. The van der Waals surface area contributed by atoms with Crippen LogP contribution < -0.4 is 0 Å². The zero-order valence-electron chi connectivity index (χ0n) is 7.37. The number of fused-ring (bicyclic) bond motifs is 1. The molecule has 2 nitrogen and oxygen atoms in total. The van der Waals surface area contributed by atoms with Crippen LogP contribution in [0.5, 0.6) is 0 Å². The van der Waals surface area contributed by atoms with E-state index < -0.39 is 0 Å². The third kappa shape index (κ3) is 1.52. The van der Waals surface area contributed by atoms with Crippen LogP contribution in [0.4, 0.5) is 0 Å². The van der Waals surface area contributed by atoms with Crippen LogP contribution in [0, 0.1) is 0 Å². The molecule has 2 rings (SSSR count). The summed E-state index contributed by atoms with van der Waals surface area (Å²) in [6, 6.07) is 2.04. The number of carbonyl (C=O) groups excluding carboxylic acids is 1. The van der Waals surface area contributed by atoms with Gasteiger partial charge in [0.25, 0.3) is 0 Å². The van der Waals surface area contributed by atoms with Gasteiger partial charge in [0.15, 0.2) is 0 Å². The van der Waals surface area contributed by atoms with Crippen molar-refractivity contribution in [1.82, 2.24) is 0 Å². The molecule has 0 amide bonds. The molecule has 1 aliphatic rings. The Morgan fingerprint density at radius 3 is 3.15 bits per heavy atom. The number of rotatable bonds is 1. The first-order chi connectivity index (χ1) is 6.31. The standard InChI is InChI=1S/C10H10O2S/c1-12-10(11)8-2-3-9-7(6-8)4-5-13-9/h4-6H,2-3H2,1H3. The molecule has 0 saturated carbocycles. The minimum Gasteiger partial charge on any atom is -0.466 e. The maximum absolute atomic E-state index is 11.2.